The Morgan fingerprint density at radius 2 is 1.38 bits per heavy atom. The third-order valence-corrected chi connectivity index (χ3v) is 5.21. The topological polar surface area (TPSA) is 9.23 Å². The molecule has 3 aromatic carbocycles. The maximum atomic E-state index is 6.21. The lowest BCUT2D eigenvalue weighted by Crippen LogP contribution is -2.07. The first kappa shape index (κ1) is 17.0. The molecular weight excluding hydrogens is 335 g/mol. The van der Waals surface area contributed by atoms with E-state index in [0.717, 1.165) is 23.9 Å². The molecule has 3 aromatic rings. The van der Waals surface area contributed by atoms with Gasteiger partial charge in [-0.2, -0.15) is 0 Å². The van der Waals surface area contributed by atoms with Crippen molar-refractivity contribution in [2.24, 2.45) is 0 Å². The molecule has 0 amide bonds. The standard InChI is InChI=1S/C21H20ClOP/c1-23-21-19(13-17-10-6-3-7-11-17)14-18(15-20(21)24-22)12-16-8-4-2-5-9-16/h2-11,14-15,24H,12-13H2,1H3. The SMILES string of the molecule is COc1c(Cc2ccccc2)cc(Cc2ccccc2)cc1PCl. The summed E-state index contributed by atoms with van der Waals surface area (Å²) in [5.41, 5.74) is 5.05. The van der Waals surface area contributed by atoms with Crippen molar-refractivity contribution >= 4 is 24.5 Å². The number of hydrogen-bond acceptors (Lipinski definition) is 1. The Bertz CT molecular complexity index is 788. The summed E-state index contributed by atoms with van der Waals surface area (Å²) < 4.78 is 5.67. The Balaban J connectivity index is 1.97. The van der Waals surface area contributed by atoms with Crippen LogP contribution in [0.5, 0.6) is 5.75 Å². The van der Waals surface area contributed by atoms with E-state index in [4.69, 9.17) is 16.0 Å². The molecule has 1 unspecified atom stereocenters. The molecule has 0 radical (unpaired) electrons. The first-order valence-corrected chi connectivity index (χ1v) is 9.95. The molecule has 0 saturated heterocycles. The van der Waals surface area contributed by atoms with E-state index in [1.807, 2.05) is 12.1 Å². The van der Waals surface area contributed by atoms with Crippen LogP contribution < -0.4 is 10.0 Å². The molecule has 0 heterocycles. The Kier molecular flexibility index (Phi) is 5.91. The molecular formula is C21H20ClOP. The first-order valence-electron chi connectivity index (χ1n) is 7.94. The molecule has 0 aromatic heterocycles. The molecule has 0 fully saturated rings. The van der Waals surface area contributed by atoms with E-state index in [1.54, 1.807) is 7.11 Å². The molecule has 1 nitrogen and oxygen atoms in total. The lowest BCUT2D eigenvalue weighted by Gasteiger charge is -2.15. The zero-order valence-electron chi connectivity index (χ0n) is 13.6. The Hall–Kier alpha value is -1.82. The van der Waals surface area contributed by atoms with Crippen LogP contribution in [0, 0.1) is 0 Å². The van der Waals surface area contributed by atoms with Gasteiger partial charge >= 0.3 is 0 Å². The van der Waals surface area contributed by atoms with Crippen LogP contribution in [0.25, 0.3) is 0 Å². The minimum atomic E-state index is 0.197. The lowest BCUT2D eigenvalue weighted by molar-refractivity contribution is 0.414. The van der Waals surface area contributed by atoms with E-state index >= 15 is 0 Å². The van der Waals surface area contributed by atoms with Crippen LogP contribution >= 0.6 is 19.2 Å². The average molecular weight is 355 g/mol. The van der Waals surface area contributed by atoms with E-state index < -0.39 is 0 Å². The van der Waals surface area contributed by atoms with E-state index in [-0.39, 0.29) is 7.93 Å². The molecule has 3 heteroatoms. The van der Waals surface area contributed by atoms with Crippen molar-refractivity contribution in [2.75, 3.05) is 7.11 Å². The predicted molar refractivity (Wildman–Crippen MR) is 105 cm³/mol. The summed E-state index contributed by atoms with van der Waals surface area (Å²) in [6, 6.07) is 25.4. The maximum Gasteiger partial charge on any atom is 0.131 e. The van der Waals surface area contributed by atoms with Gasteiger partial charge in [0.25, 0.3) is 0 Å². The van der Waals surface area contributed by atoms with Gasteiger partial charge in [0, 0.05) is 19.7 Å². The highest BCUT2D eigenvalue weighted by Crippen LogP contribution is 2.30. The minimum absolute atomic E-state index is 0.197. The van der Waals surface area contributed by atoms with Gasteiger partial charge in [0.2, 0.25) is 0 Å². The van der Waals surface area contributed by atoms with Gasteiger partial charge in [0.15, 0.2) is 0 Å². The molecule has 0 aliphatic heterocycles. The lowest BCUT2D eigenvalue weighted by atomic mass is 9.98. The third kappa shape index (κ3) is 4.17. The minimum Gasteiger partial charge on any atom is -0.496 e. The van der Waals surface area contributed by atoms with Crippen LogP contribution in [0.2, 0.25) is 0 Å². The highest BCUT2D eigenvalue weighted by Gasteiger charge is 2.12. The van der Waals surface area contributed by atoms with Gasteiger partial charge in [-0.1, -0.05) is 78.0 Å². The van der Waals surface area contributed by atoms with Gasteiger partial charge in [-0.25, -0.2) is 0 Å². The van der Waals surface area contributed by atoms with Crippen molar-refractivity contribution in [1.29, 1.82) is 0 Å². The molecule has 0 aliphatic carbocycles. The average Bonchev–Trinajstić information content (AvgIpc) is 2.63. The predicted octanol–water partition coefficient (Wildman–Crippen LogP) is 5.33. The van der Waals surface area contributed by atoms with E-state index in [1.165, 1.54) is 22.3 Å². The van der Waals surface area contributed by atoms with Gasteiger partial charge in [0.1, 0.15) is 5.75 Å². The Morgan fingerprint density at radius 3 is 1.92 bits per heavy atom. The molecule has 1 atom stereocenters. The summed E-state index contributed by atoms with van der Waals surface area (Å²) in [4.78, 5) is 0. The van der Waals surface area contributed by atoms with Crippen molar-refractivity contribution in [2.45, 2.75) is 12.8 Å². The summed E-state index contributed by atoms with van der Waals surface area (Å²) in [6.07, 6.45) is 1.75. The van der Waals surface area contributed by atoms with Gasteiger partial charge in [-0.15, -0.1) is 0 Å². The Labute approximate surface area is 150 Å². The van der Waals surface area contributed by atoms with Crippen molar-refractivity contribution in [3.8, 4) is 5.75 Å². The largest absolute Gasteiger partial charge is 0.496 e. The smallest absolute Gasteiger partial charge is 0.131 e. The molecule has 0 spiro atoms. The number of ether oxygens (including phenoxy) is 1. The number of halogens is 1. The van der Waals surface area contributed by atoms with Crippen molar-refractivity contribution < 1.29 is 4.74 Å². The number of hydrogen-bond donors (Lipinski definition) is 0. The fraction of sp³-hybridized carbons (Fsp3) is 0.143. The summed E-state index contributed by atoms with van der Waals surface area (Å²) in [6.45, 7) is 0. The fourth-order valence-electron chi connectivity index (χ4n) is 2.95. The molecule has 122 valence electrons. The number of methoxy groups -OCH3 is 1. The van der Waals surface area contributed by atoms with Gasteiger partial charge in [0.05, 0.1) is 7.11 Å². The van der Waals surface area contributed by atoms with Gasteiger partial charge in [-0.05, 0) is 34.7 Å². The van der Waals surface area contributed by atoms with E-state index in [2.05, 4.69) is 60.7 Å². The fourth-order valence-corrected chi connectivity index (χ4v) is 3.96. The third-order valence-electron chi connectivity index (χ3n) is 4.02. The van der Waals surface area contributed by atoms with Crippen LogP contribution in [-0.4, -0.2) is 7.11 Å². The van der Waals surface area contributed by atoms with Crippen LogP contribution in [0.15, 0.2) is 72.8 Å². The molecule has 24 heavy (non-hydrogen) atoms. The Morgan fingerprint density at radius 1 is 0.792 bits per heavy atom. The molecule has 3 rings (SSSR count). The van der Waals surface area contributed by atoms with Crippen molar-refractivity contribution in [1.82, 2.24) is 0 Å². The van der Waals surface area contributed by atoms with Gasteiger partial charge in [-0.3, -0.25) is 0 Å². The second kappa shape index (κ2) is 8.33. The van der Waals surface area contributed by atoms with E-state index in [9.17, 15) is 0 Å². The summed E-state index contributed by atoms with van der Waals surface area (Å²) in [5.74, 6) is 0.920. The van der Waals surface area contributed by atoms with Gasteiger partial charge < -0.3 is 4.74 Å². The highest BCUT2D eigenvalue weighted by molar-refractivity contribution is 7.75. The first-order chi connectivity index (χ1) is 11.8. The number of rotatable bonds is 6. The zero-order chi connectivity index (χ0) is 16.8. The van der Waals surface area contributed by atoms with Crippen molar-refractivity contribution in [3.63, 3.8) is 0 Å². The summed E-state index contributed by atoms with van der Waals surface area (Å²) in [5, 5.41) is 1.08. The normalized spacial score (nSPS) is 11.1. The summed E-state index contributed by atoms with van der Waals surface area (Å²) >= 11 is 6.21. The van der Waals surface area contributed by atoms with Crippen LogP contribution in [0.3, 0.4) is 0 Å². The molecule has 0 aliphatic rings. The second-order valence-electron chi connectivity index (χ2n) is 5.75. The zero-order valence-corrected chi connectivity index (χ0v) is 15.4. The molecule has 0 saturated carbocycles. The second-order valence-corrected chi connectivity index (χ2v) is 7.05. The monoisotopic (exact) mass is 354 g/mol. The summed E-state index contributed by atoms with van der Waals surface area (Å²) in [7, 11) is 1.92. The molecule has 0 N–H and O–H groups in total. The maximum absolute atomic E-state index is 6.21. The van der Waals surface area contributed by atoms with Crippen LogP contribution in [-0.2, 0) is 12.8 Å². The highest BCUT2D eigenvalue weighted by atomic mass is 35.7. The van der Waals surface area contributed by atoms with Crippen LogP contribution in [0.1, 0.15) is 22.3 Å². The van der Waals surface area contributed by atoms with Crippen LogP contribution in [0.4, 0.5) is 0 Å². The quantitative estimate of drug-likeness (QED) is 0.543. The van der Waals surface area contributed by atoms with Crippen molar-refractivity contribution in [3.05, 3.63) is 95.1 Å². The van der Waals surface area contributed by atoms with E-state index in [0.29, 0.717) is 0 Å². The molecule has 0 bridgehead atoms. The number of benzene rings is 3.